The van der Waals surface area contributed by atoms with Crippen molar-refractivity contribution in [3.8, 4) is 5.75 Å². The monoisotopic (exact) mass is 451 g/mol. The molecule has 0 atom stereocenters. The van der Waals surface area contributed by atoms with E-state index in [0.29, 0.717) is 17.0 Å². The van der Waals surface area contributed by atoms with E-state index in [9.17, 15) is 18.3 Å². The molecule has 0 fully saturated rings. The number of sulfonamides is 1. The number of anilines is 1. The van der Waals surface area contributed by atoms with E-state index in [4.69, 9.17) is 0 Å². The molecule has 0 saturated heterocycles. The van der Waals surface area contributed by atoms with Crippen LogP contribution in [-0.4, -0.2) is 31.7 Å². The third kappa shape index (κ3) is 4.97. The Morgan fingerprint density at radius 3 is 2.31 bits per heavy atom. The number of aromatic hydroxyl groups is 1. The number of benzene rings is 3. The minimum absolute atomic E-state index is 0.0340. The van der Waals surface area contributed by atoms with Crippen molar-refractivity contribution in [1.29, 1.82) is 0 Å². The van der Waals surface area contributed by atoms with E-state index in [2.05, 4.69) is 10.5 Å². The number of phenolic OH excluding ortho intramolecular Hbond substituents is 1. The lowest BCUT2D eigenvalue weighted by molar-refractivity contribution is -0.119. The number of carbonyl (C=O) groups excluding carboxylic acids is 1. The van der Waals surface area contributed by atoms with Gasteiger partial charge in [-0.15, -0.1) is 0 Å². The molecule has 2 N–H and O–H groups in total. The zero-order valence-corrected chi connectivity index (χ0v) is 18.9. The van der Waals surface area contributed by atoms with E-state index in [1.807, 2.05) is 19.9 Å². The lowest BCUT2D eigenvalue weighted by Crippen LogP contribution is -2.40. The van der Waals surface area contributed by atoms with Gasteiger partial charge < -0.3 is 5.11 Å². The van der Waals surface area contributed by atoms with Gasteiger partial charge in [0.1, 0.15) is 12.3 Å². The normalized spacial score (nSPS) is 11.8. The lowest BCUT2D eigenvalue weighted by Gasteiger charge is -2.26. The van der Waals surface area contributed by atoms with E-state index >= 15 is 0 Å². The smallest absolute Gasteiger partial charge is 0.264 e. The predicted octanol–water partition coefficient (Wildman–Crippen LogP) is 3.74. The summed E-state index contributed by atoms with van der Waals surface area (Å²) in [7, 11) is -4.00. The van der Waals surface area contributed by atoms with Gasteiger partial charge in [0.05, 0.1) is 16.3 Å². The van der Waals surface area contributed by atoms with Crippen molar-refractivity contribution >= 4 is 27.3 Å². The largest absolute Gasteiger partial charge is 0.507 e. The van der Waals surface area contributed by atoms with Crippen LogP contribution >= 0.6 is 0 Å². The van der Waals surface area contributed by atoms with Gasteiger partial charge in [-0.2, -0.15) is 5.10 Å². The first-order chi connectivity index (χ1) is 15.2. The summed E-state index contributed by atoms with van der Waals surface area (Å²) >= 11 is 0. The molecule has 0 radical (unpaired) electrons. The molecule has 0 heterocycles. The van der Waals surface area contributed by atoms with Crippen LogP contribution in [0.4, 0.5) is 5.69 Å². The summed E-state index contributed by atoms with van der Waals surface area (Å²) in [6.45, 7) is 4.88. The average Bonchev–Trinajstić information content (AvgIpc) is 2.79. The first kappa shape index (κ1) is 23.0. The van der Waals surface area contributed by atoms with Crippen LogP contribution < -0.4 is 9.73 Å². The number of rotatable bonds is 7. The quantitative estimate of drug-likeness (QED) is 0.422. The zero-order valence-electron chi connectivity index (χ0n) is 18.1. The Kier molecular flexibility index (Phi) is 6.95. The third-order valence-corrected chi connectivity index (χ3v) is 6.88. The Balaban J connectivity index is 1.93. The molecule has 3 aromatic carbocycles. The number of para-hydroxylation sites is 1. The fourth-order valence-electron chi connectivity index (χ4n) is 3.18. The second-order valence-corrected chi connectivity index (χ2v) is 9.16. The third-order valence-electron chi connectivity index (χ3n) is 5.11. The predicted molar refractivity (Wildman–Crippen MR) is 125 cm³/mol. The molecule has 0 saturated carbocycles. The molecule has 7 nitrogen and oxygen atoms in total. The Morgan fingerprint density at radius 1 is 0.969 bits per heavy atom. The highest BCUT2D eigenvalue weighted by Gasteiger charge is 2.28. The van der Waals surface area contributed by atoms with E-state index in [-0.39, 0.29) is 10.6 Å². The molecule has 3 rings (SSSR count). The first-order valence-electron chi connectivity index (χ1n) is 9.97. The van der Waals surface area contributed by atoms with Gasteiger partial charge in [-0.3, -0.25) is 9.10 Å². The standard InChI is InChI=1S/C24H25N3O4S/c1-17-10-9-14-22(18(17)2)27(32(30,31)20-11-5-4-6-12-20)16-24(29)26-25-19(3)21-13-7-8-15-23(21)28/h4-15,28H,16H2,1-3H3,(H,26,29). The van der Waals surface area contributed by atoms with Crippen LogP contribution in [0.2, 0.25) is 0 Å². The van der Waals surface area contributed by atoms with Crippen LogP contribution in [0.3, 0.4) is 0 Å². The molecular weight excluding hydrogens is 426 g/mol. The molecule has 0 spiro atoms. The lowest BCUT2D eigenvalue weighted by atomic mass is 10.1. The van der Waals surface area contributed by atoms with Crippen LogP contribution in [0.5, 0.6) is 5.75 Å². The van der Waals surface area contributed by atoms with Crippen LogP contribution in [0.15, 0.2) is 82.8 Å². The SMILES string of the molecule is CC(=NNC(=O)CN(c1cccc(C)c1C)S(=O)(=O)c1ccccc1)c1ccccc1O. The van der Waals surface area contributed by atoms with Gasteiger partial charge in [-0.1, -0.05) is 42.5 Å². The van der Waals surface area contributed by atoms with Gasteiger partial charge in [0.25, 0.3) is 15.9 Å². The number of nitrogens with one attached hydrogen (secondary N) is 1. The van der Waals surface area contributed by atoms with E-state index in [1.165, 1.54) is 18.2 Å². The van der Waals surface area contributed by atoms with Crippen molar-refractivity contribution in [2.75, 3.05) is 10.8 Å². The van der Waals surface area contributed by atoms with Gasteiger partial charge in [0, 0.05) is 5.56 Å². The first-order valence-corrected chi connectivity index (χ1v) is 11.4. The minimum Gasteiger partial charge on any atom is -0.507 e. The van der Waals surface area contributed by atoms with Crippen LogP contribution in [-0.2, 0) is 14.8 Å². The minimum atomic E-state index is -4.00. The molecule has 0 aromatic heterocycles. The highest BCUT2D eigenvalue weighted by molar-refractivity contribution is 7.92. The number of aryl methyl sites for hydroxylation is 1. The van der Waals surface area contributed by atoms with Gasteiger partial charge >= 0.3 is 0 Å². The van der Waals surface area contributed by atoms with Gasteiger partial charge in [0.15, 0.2) is 0 Å². The zero-order chi connectivity index (χ0) is 23.3. The molecule has 0 aliphatic rings. The number of nitrogens with zero attached hydrogens (tertiary/aromatic N) is 2. The van der Waals surface area contributed by atoms with Crippen LogP contribution in [0, 0.1) is 13.8 Å². The number of hydrogen-bond acceptors (Lipinski definition) is 5. The van der Waals surface area contributed by atoms with E-state index in [1.54, 1.807) is 55.5 Å². The highest BCUT2D eigenvalue weighted by atomic mass is 32.2. The number of carbonyl (C=O) groups is 1. The summed E-state index contributed by atoms with van der Waals surface area (Å²) in [5.74, 6) is -0.577. The summed E-state index contributed by atoms with van der Waals surface area (Å²) in [4.78, 5) is 12.8. The fourth-order valence-corrected chi connectivity index (χ4v) is 4.68. The van der Waals surface area contributed by atoms with Crippen molar-refractivity contribution in [1.82, 2.24) is 5.43 Å². The summed E-state index contributed by atoms with van der Waals surface area (Å²) < 4.78 is 27.9. The second-order valence-electron chi connectivity index (χ2n) is 7.29. The van der Waals surface area contributed by atoms with Crippen molar-refractivity contribution in [2.45, 2.75) is 25.7 Å². The van der Waals surface area contributed by atoms with Gasteiger partial charge in [-0.25, -0.2) is 13.8 Å². The molecule has 0 bridgehead atoms. The second kappa shape index (κ2) is 9.65. The van der Waals surface area contributed by atoms with Crippen LogP contribution in [0.1, 0.15) is 23.6 Å². The Labute approximate surface area is 188 Å². The fraction of sp³-hybridized carbons (Fsp3) is 0.167. The molecule has 166 valence electrons. The Bertz CT molecular complexity index is 1260. The number of hydrazone groups is 1. The highest BCUT2D eigenvalue weighted by Crippen LogP contribution is 2.28. The maximum Gasteiger partial charge on any atom is 0.264 e. The summed E-state index contributed by atoms with van der Waals surface area (Å²) in [6.07, 6.45) is 0. The summed E-state index contributed by atoms with van der Waals surface area (Å²) in [5, 5.41) is 14.0. The molecule has 8 heteroatoms. The van der Waals surface area contributed by atoms with Crippen molar-refractivity contribution in [3.63, 3.8) is 0 Å². The summed E-state index contributed by atoms with van der Waals surface area (Å²) in [6, 6.07) is 19.9. The number of phenols is 1. The molecule has 0 aliphatic carbocycles. The maximum absolute atomic E-state index is 13.4. The molecule has 1 amide bonds. The van der Waals surface area contributed by atoms with Crippen LogP contribution in [0.25, 0.3) is 0 Å². The number of hydrogen-bond donors (Lipinski definition) is 2. The maximum atomic E-state index is 13.4. The van der Waals surface area contributed by atoms with Crippen molar-refractivity contribution in [2.24, 2.45) is 5.10 Å². The average molecular weight is 452 g/mol. The molecular formula is C24H25N3O4S. The van der Waals surface area contributed by atoms with Crippen molar-refractivity contribution in [3.05, 3.63) is 89.5 Å². The molecule has 3 aromatic rings. The van der Waals surface area contributed by atoms with Gasteiger partial charge in [0.2, 0.25) is 0 Å². The van der Waals surface area contributed by atoms with E-state index < -0.39 is 22.5 Å². The van der Waals surface area contributed by atoms with Gasteiger partial charge in [-0.05, 0) is 62.2 Å². The number of amides is 1. The summed E-state index contributed by atoms with van der Waals surface area (Å²) in [5.41, 5.74) is 5.34. The Morgan fingerprint density at radius 2 is 1.62 bits per heavy atom. The van der Waals surface area contributed by atoms with E-state index in [0.717, 1.165) is 15.4 Å². The molecule has 0 aliphatic heterocycles. The Hall–Kier alpha value is -3.65. The molecule has 0 unspecified atom stereocenters. The topological polar surface area (TPSA) is 99.1 Å². The van der Waals surface area contributed by atoms with Crippen molar-refractivity contribution < 1.29 is 18.3 Å². The molecule has 32 heavy (non-hydrogen) atoms.